The van der Waals surface area contributed by atoms with Gasteiger partial charge < -0.3 is 9.47 Å². The number of carbonyl (C=O) groups excluding carboxylic acids is 2. The first-order chi connectivity index (χ1) is 14.0. The maximum absolute atomic E-state index is 13.0. The Labute approximate surface area is 179 Å². The molecule has 6 nitrogen and oxygen atoms in total. The molecule has 0 spiro atoms. The molecule has 29 heavy (non-hydrogen) atoms. The SMILES string of the molecule is CCOc1ccccc1OCC(=O)NNC(=O)C1(c2ccc(Br)cc2)CCCC1. The van der Waals surface area contributed by atoms with Crippen LogP contribution in [0.25, 0.3) is 0 Å². The summed E-state index contributed by atoms with van der Waals surface area (Å²) in [5.41, 5.74) is 5.42. The number of halogens is 1. The maximum Gasteiger partial charge on any atom is 0.276 e. The van der Waals surface area contributed by atoms with E-state index in [-0.39, 0.29) is 12.5 Å². The summed E-state index contributed by atoms with van der Waals surface area (Å²) < 4.78 is 12.0. The van der Waals surface area contributed by atoms with Crippen molar-refractivity contribution in [3.05, 3.63) is 58.6 Å². The molecule has 2 aromatic rings. The Hall–Kier alpha value is -2.54. The number of rotatable bonds is 7. The average Bonchev–Trinajstić information content (AvgIpc) is 3.23. The van der Waals surface area contributed by atoms with Crippen molar-refractivity contribution in [2.45, 2.75) is 38.0 Å². The normalized spacial score (nSPS) is 14.8. The van der Waals surface area contributed by atoms with Crippen LogP contribution in [0.3, 0.4) is 0 Å². The third-order valence-corrected chi connectivity index (χ3v) is 5.64. The largest absolute Gasteiger partial charge is 0.490 e. The molecule has 0 bridgehead atoms. The fraction of sp³-hybridized carbons (Fsp3) is 0.364. The molecule has 2 amide bonds. The van der Waals surface area contributed by atoms with Crippen LogP contribution >= 0.6 is 15.9 Å². The molecular weight excluding hydrogens is 436 g/mol. The molecule has 2 N–H and O–H groups in total. The van der Waals surface area contributed by atoms with E-state index in [1.54, 1.807) is 18.2 Å². The minimum atomic E-state index is -0.615. The summed E-state index contributed by atoms with van der Waals surface area (Å²) in [6, 6.07) is 14.9. The standard InChI is InChI=1S/C22H25BrN2O4/c1-2-28-18-7-3-4-8-19(18)29-15-20(26)24-25-21(27)22(13-5-6-14-22)16-9-11-17(23)12-10-16/h3-4,7-12H,2,5-6,13-15H2,1H3,(H,24,26)(H,25,27). The maximum atomic E-state index is 13.0. The van der Waals surface area contributed by atoms with Gasteiger partial charge in [-0.3, -0.25) is 20.4 Å². The first-order valence-corrected chi connectivity index (χ1v) is 10.5. The molecule has 154 valence electrons. The van der Waals surface area contributed by atoms with Crippen LogP contribution in [-0.4, -0.2) is 25.0 Å². The zero-order valence-corrected chi connectivity index (χ0v) is 18.0. The Balaban J connectivity index is 1.58. The van der Waals surface area contributed by atoms with Crippen molar-refractivity contribution < 1.29 is 19.1 Å². The van der Waals surface area contributed by atoms with Crippen molar-refractivity contribution in [1.82, 2.24) is 10.9 Å². The highest BCUT2D eigenvalue weighted by Crippen LogP contribution is 2.41. The second kappa shape index (κ2) is 9.78. The Bertz CT molecular complexity index is 848. The third kappa shape index (κ3) is 5.09. The first-order valence-electron chi connectivity index (χ1n) is 9.75. The smallest absolute Gasteiger partial charge is 0.276 e. The molecule has 0 aromatic heterocycles. The highest BCUT2D eigenvalue weighted by molar-refractivity contribution is 9.10. The van der Waals surface area contributed by atoms with E-state index >= 15 is 0 Å². The quantitative estimate of drug-likeness (QED) is 0.614. The molecule has 0 heterocycles. The van der Waals surface area contributed by atoms with Crippen molar-refractivity contribution in [2.24, 2.45) is 0 Å². The van der Waals surface area contributed by atoms with Crippen LogP contribution in [0.1, 0.15) is 38.2 Å². The van der Waals surface area contributed by atoms with Crippen molar-refractivity contribution >= 4 is 27.7 Å². The van der Waals surface area contributed by atoms with E-state index in [2.05, 4.69) is 26.8 Å². The lowest BCUT2D eigenvalue weighted by molar-refractivity contribution is -0.133. The number of carbonyl (C=O) groups is 2. The summed E-state index contributed by atoms with van der Waals surface area (Å²) >= 11 is 3.43. The van der Waals surface area contributed by atoms with Crippen LogP contribution in [-0.2, 0) is 15.0 Å². The second-order valence-corrected chi connectivity index (χ2v) is 7.88. The zero-order valence-electron chi connectivity index (χ0n) is 16.4. The second-order valence-electron chi connectivity index (χ2n) is 6.97. The first kappa shape index (κ1) is 21.2. The number of ether oxygens (including phenoxy) is 2. The summed E-state index contributed by atoms with van der Waals surface area (Å²) in [6.07, 6.45) is 3.48. The number of para-hydroxylation sites is 2. The van der Waals surface area contributed by atoms with Gasteiger partial charge in [0.05, 0.1) is 12.0 Å². The molecule has 1 aliphatic carbocycles. The molecular formula is C22H25BrN2O4. The molecule has 0 unspecified atom stereocenters. The van der Waals surface area contributed by atoms with Gasteiger partial charge in [-0.2, -0.15) is 0 Å². The minimum absolute atomic E-state index is 0.194. The monoisotopic (exact) mass is 460 g/mol. The van der Waals surface area contributed by atoms with E-state index in [0.717, 1.165) is 35.7 Å². The molecule has 2 aromatic carbocycles. The molecule has 0 saturated heterocycles. The van der Waals surface area contributed by atoms with Gasteiger partial charge in [0.25, 0.3) is 5.91 Å². The van der Waals surface area contributed by atoms with Gasteiger partial charge in [0.2, 0.25) is 5.91 Å². The van der Waals surface area contributed by atoms with E-state index in [1.807, 2.05) is 37.3 Å². The number of hydrogen-bond donors (Lipinski definition) is 2. The zero-order chi connectivity index (χ0) is 20.7. The molecule has 1 aliphatic rings. The predicted molar refractivity (Wildman–Crippen MR) is 114 cm³/mol. The van der Waals surface area contributed by atoms with Crippen molar-refractivity contribution in [3.63, 3.8) is 0 Å². The molecule has 1 saturated carbocycles. The molecule has 0 aliphatic heterocycles. The summed E-state index contributed by atoms with van der Waals surface area (Å²) in [7, 11) is 0. The summed E-state index contributed by atoms with van der Waals surface area (Å²) in [5.74, 6) is 0.430. The number of hydrazine groups is 1. The Morgan fingerprint density at radius 1 is 0.966 bits per heavy atom. The number of hydrogen-bond acceptors (Lipinski definition) is 4. The molecule has 3 rings (SSSR count). The van der Waals surface area contributed by atoms with E-state index < -0.39 is 11.3 Å². The van der Waals surface area contributed by atoms with Gasteiger partial charge in [0.15, 0.2) is 18.1 Å². The Morgan fingerprint density at radius 3 is 2.21 bits per heavy atom. The van der Waals surface area contributed by atoms with Crippen molar-refractivity contribution in [3.8, 4) is 11.5 Å². The summed E-state index contributed by atoms with van der Waals surface area (Å²) in [5, 5.41) is 0. The number of benzene rings is 2. The fourth-order valence-electron chi connectivity index (χ4n) is 3.66. The molecule has 7 heteroatoms. The molecule has 1 fully saturated rings. The van der Waals surface area contributed by atoms with Crippen LogP contribution in [0.4, 0.5) is 0 Å². The van der Waals surface area contributed by atoms with Crippen LogP contribution in [0.2, 0.25) is 0 Å². The molecule has 0 atom stereocenters. The van der Waals surface area contributed by atoms with Crippen LogP contribution in [0.5, 0.6) is 11.5 Å². The van der Waals surface area contributed by atoms with Crippen molar-refractivity contribution in [2.75, 3.05) is 13.2 Å². The number of amides is 2. The number of nitrogens with one attached hydrogen (secondary N) is 2. The summed E-state index contributed by atoms with van der Waals surface area (Å²) in [6.45, 7) is 2.15. The summed E-state index contributed by atoms with van der Waals surface area (Å²) in [4.78, 5) is 25.2. The van der Waals surface area contributed by atoms with Gasteiger partial charge >= 0.3 is 0 Å². The van der Waals surface area contributed by atoms with E-state index in [1.165, 1.54) is 0 Å². The van der Waals surface area contributed by atoms with Gasteiger partial charge in [-0.15, -0.1) is 0 Å². The van der Waals surface area contributed by atoms with Gasteiger partial charge in [0.1, 0.15) is 0 Å². The van der Waals surface area contributed by atoms with Gasteiger partial charge in [-0.05, 0) is 49.6 Å². The fourth-order valence-corrected chi connectivity index (χ4v) is 3.93. The lowest BCUT2D eigenvalue weighted by Gasteiger charge is -2.28. The Kier molecular flexibility index (Phi) is 7.14. The van der Waals surface area contributed by atoms with E-state index in [9.17, 15) is 9.59 Å². The van der Waals surface area contributed by atoms with Gasteiger partial charge in [-0.25, -0.2) is 0 Å². The highest BCUT2D eigenvalue weighted by Gasteiger charge is 2.42. The third-order valence-electron chi connectivity index (χ3n) is 5.11. The topological polar surface area (TPSA) is 76.7 Å². The van der Waals surface area contributed by atoms with Gasteiger partial charge in [-0.1, -0.05) is 53.0 Å². The van der Waals surface area contributed by atoms with Gasteiger partial charge in [0, 0.05) is 4.47 Å². The Morgan fingerprint density at radius 2 is 1.59 bits per heavy atom. The lowest BCUT2D eigenvalue weighted by Crippen LogP contribution is -2.51. The lowest BCUT2D eigenvalue weighted by atomic mass is 9.78. The van der Waals surface area contributed by atoms with Crippen LogP contribution in [0, 0.1) is 0 Å². The predicted octanol–water partition coefficient (Wildman–Crippen LogP) is 3.89. The highest BCUT2D eigenvalue weighted by atomic mass is 79.9. The average molecular weight is 461 g/mol. The minimum Gasteiger partial charge on any atom is -0.490 e. The molecule has 0 radical (unpaired) electrons. The van der Waals surface area contributed by atoms with Crippen molar-refractivity contribution in [1.29, 1.82) is 0 Å². The van der Waals surface area contributed by atoms with Crippen LogP contribution in [0.15, 0.2) is 53.0 Å². The van der Waals surface area contributed by atoms with Crippen LogP contribution < -0.4 is 20.3 Å². The van der Waals surface area contributed by atoms with E-state index in [4.69, 9.17) is 9.47 Å². The van der Waals surface area contributed by atoms with E-state index in [0.29, 0.717) is 18.1 Å².